The summed E-state index contributed by atoms with van der Waals surface area (Å²) in [6.07, 6.45) is 10.4. The molecule has 0 saturated heterocycles. The van der Waals surface area contributed by atoms with Gasteiger partial charge in [0.25, 0.3) is 0 Å². The maximum atomic E-state index is 5.99. The summed E-state index contributed by atoms with van der Waals surface area (Å²) in [5, 5.41) is 7.02. The summed E-state index contributed by atoms with van der Waals surface area (Å²) >= 11 is 5.99. The number of nitrogens with two attached hydrogens (primary N) is 1. The van der Waals surface area contributed by atoms with E-state index >= 15 is 0 Å². The van der Waals surface area contributed by atoms with Gasteiger partial charge in [-0.05, 0) is 19.4 Å². The molecular formula is C16H21ClN6. The highest BCUT2D eigenvalue weighted by Crippen LogP contribution is 2.12. The standard InChI is InChI=1S/C16H21ClN6/c1-11(18)4-3-5-14-15(19-2)7-16(22-10-21-14)23-13-6-12(17)8-20-9-13/h4-6,8,10,20H,3,7,9,18H2,1-2H3,(H,21,22,23)/b11-4+,14-5+,19-15?. The lowest BCUT2D eigenvalue weighted by atomic mass is 10.1. The Balaban J connectivity index is 2.08. The van der Waals surface area contributed by atoms with Crippen LogP contribution in [0.3, 0.4) is 0 Å². The van der Waals surface area contributed by atoms with Crippen LogP contribution in [0, 0.1) is 0 Å². The van der Waals surface area contributed by atoms with Crippen LogP contribution in [0.25, 0.3) is 0 Å². The van der Waals surface area contributed by atoms with E-state index in [0.717, 1.165) is 28.6 Å². The summed E-state index contributed by atoms with van der Waals surface area (Å²) < 4.78 is 0. The number of nitrogens with zero attached hydrogens (tertiary/aromatic N) is 3. The maximum Gasteiger partial charge on any atom is 0.118 e. The van der Waals surface area contributed by atoms with Gasteiger partial charge in [0.15, 0.2) is 0 Å². The Hall–Kier alpha value is -2.34. The summed E-state index contributed by atoms with van der Waals surface area (Å²) in [7, 11) is 1.76. The van der Waals surface area contributed by atoms with Gasteiger partial charge in [-0.3, -0.25) is 4.99 Å². The molecule has 2 rings (SSSR count). The van der Waals surface area contributed by atoms with Crippen LogP contribution in [0.1, 0.15) is 19.8 Å². The maximum absolute atomic E-state index is 5.99. The summed E-state index contributed by atoms with van der Waals surface area (Å²) in [6.45, 7) is 2.54. The van der Waals surface area contributed by atoms with Gasteiger partial charge in [0.1, 0.15) is 12.2 Å². The Morgan fingerprint density at radius 3 is 3.09 bits per heavy atom. The average molecular weight is 333 g/mol. The molecule has 0 bridgehead atoms. The molecule has 2 heterocycles. The molecule has 0 aliphatic carbocycles. The molecule has 0 amide bonds. The minimum absolute atomic E-state index is 0.576. The van der Waals surface area contributed by atoms with Crippen LogP contribution in [-0.2, 0) is 0 Å². The van der Waals surface area contributed by atoms with Crippen molar-refractivity contribution in [2.45, 2.75) is 19.8 Å². The lowest BCUT2D eigenvalue weighted by molar-refractivity contribution is 0.863. The van der Waals surface area contributed by atoms with Crippen LogP contribution in [0.15, 0.2) is 61.5 Å². The minimum Gasteiger partial charge on any atom is -0.403 e. The Bertz CT molecular complexity index is 660. The van der Waals surface area contributed by atoms with Gasteiger partial charge in [0.2, 0.25) is 0 Å². The van der Waals surface area contributed by atoms with Crippen molar-refractivity contribution in [3.05, 3.63) is 46.6 Å². The minimum atomic E-state index is 0.576. The van der Waals surface area contributed by atoms with E-state index in [2.05, 4.69) is 25.6 Å². The number of amidine groups is 1. The molecule has 23 heavy (non-hydrogen) atoms. The second-order valence-corrected chi connectivity index (χ2v) is 5.58. The van der Waals surface area contributed by atoms with Crippen molar-refractivity contribution >= 4 is 29.5 Å². The Labute approximate surface area is 141 Å². The van der Waals surface area contributed by atoms with Crippen LogP contribution < -0.4 is 16.4 Å². The van der Waals surface area contributed by atoms with Gasteiger partial charge in [-0.1, -0.05) is 23.8 Å². The molecule has 2 aliphatic heterocycles. The van der Waals surface area contributed by atoms with Crippen molar-refractivity contribution in [2.24, 2.45) is 20.7 Å². The molecule has 6 nitrogen and oxygen atoms in total. The second-order valence-electron chi connectivity index (χ2n) is 5.15. The summed E-state index contributed by atoms with van der Waals surface area (Å²) in [5.41, 5.74) is 9.08. The number of aliphatic imine (C=N–C) groups is 3. The molecule has 0 atom stereocenters. The van der Waals surface area contributed by atoms with Crippen LogP contribution >= 0.6 is 11.6 Å². The zero-order valence-electron chi connectivity index (χ0n) is 13.3. The summed E-state index contributed by atoms with van der Waals surface area (Å²) in [4.78, 5) is 13.1. The largest absolute Gasteiger partial charge is 0.403 e. The number of allylic oxidation sites excluding steroid dienone is 6. The van der Waals surface area contributed by atoms with E-state index in [0.29, 0.717) is 24.4 Å². The highest BCUT2D eigenvalue weighted by Gasteiger charge is 2.14. The van der Waals surface area contributed by atoms with Gasteiger partial charge in [-0.2, -0.15) is 0 Å². The van der Waals surface area contributed by atoms with Crippen molar-refractivity contribution in [2.75, 3.05) is 13.6 Å². The molecular weight excluding hydrogens is 312 g/mol. The third-order valence-corrected chi connectivity index (χ3v) is 3.43. The highest BCUT2D eigenvalue weighted by atomic mass is 35.5. The number of hydrogen-bond donors (Lipinski definition) is 3. The van der Waals surface area contributed by atoms with Crippen molar-refractivity contribution in [3.8, 4) is 0 Å². The number of dihydropyridines is 1. The molecule has 4 N–H and O–H groups in total. The summed E-state index contributed by atoms with van der Waals surface area (Å²) in [5.74, 6) is 0.780. The van der Waals surface area contributed by atoms with Crippen LogP contribution in [0.2, 0.25) is 0 Å². The monoisotopic (exact) mass is 332 g/mol. The van der Waals surface area contributed by atoms with E-state index in [-0.39, 0.29) is 0 Å². The molecule has 0 spiro atoms. The van der Waals surface area contributed by atoms with E-state index in [4.69, 9.17) is 17.3 Å². The molecule has 0 saturated carbocycles. The predicted molar refractivity (Wildman–Crippen MR) is 97.7 cm³/mol. The van der Waals surface area contributed by atoms with Crippen molar-refractivity contribution < 1.29 is 0 Å². The lowest BCUT2D eigenvalue weighted by Crippen LogP contribution is -2.31. The van der Waals surface area contributed by atoms with E-state index < -0.39 is 0 Å². The Morgan fingerprint density at radius 1 is 1.57 bits per heavy atom. The van der Waals surface area contributed by atoms with Crippen LogP contribution in [-0.4, -0.2) is 31.5 Å². The van der Waals surface area contributed by atoms with Crippen molar-refractivity contribution in [3.63, 3.8) is 0 Å². The molecule has 0 fully saturated rings. The number of hydrogen-bond acceptors (Lipinski definition) is 6. The molecule has 0 aromatic heterocycles. The molecule has 0 unspecified atom stereocenters. The van der Waals surface area contributed by atoms with Crippen molar-refractivity contribution in [1.29, 1.82) is 0 Å². The Kier molecular flexibility index (Phi) is 6.17. The van der Waals surface area contributed by atoms with Gasteiger partial charge < -0.3 is 16.4 Å². The van der Waals surface area contributed by atoms with Crippen LogP contribution in [0.5, 0.6) is 0 Å². The predicted octanol–water partition coefficient (Wildman–Crippen LogP) is 2.18. The molecule has 0 aromatic carbocycles. The SMILES string of the molecule is CN=C1CC(NC2=CC(Cl)=CNC2)=NC=N/C1=C/C/C=C(\C)N. The van der Waals surface area contributed by atoms with E-state index in [1.807, 2.05) is 25.2 Å². The second kappa shape index (κ2) is 8.33. The summed E-state index contributed by atoms with van der Waals surface area (Å²) in [6, 6.07) is 0. The topological polar surface area (TPSA) is 87.2 Å². The number of halogens is 1. The third-order valence-electron chi connectivity index (χ3n) is 3.21. The zero-order chi connectivity index (χ0) is 16.7. The van der Waals surface area contributed by atoms with Gasteiger partial charge >= 0.3 is 0 Å². The smallest absolute Gasteiger partial charge is 0.118 e. The normalized spacial score (nSPS) is 22.2. The molecule has 0 radical (unpaired) electrons. The van der Waals surface area contributed by atoms with E-state index in [1.165, 1.54) is 0 Å². The lowest BCUT2D eigenvalue weighted by Gasteiger charge is -2.16. The van der Waals surface area contributed by atoms with Gasteiger partial charge in [-0.25, -0.2) is 9.98 Å². The third kappa shape index (κ3) is 5.41. The molecule has 7 heteroatoms. The first kappa shape index (κ1) is 17.0. The van der Waals surface area contributed by atoms with Gasteiger partial charge in [0.05, 0.1) is 23.0 Å². The molecule has 2 aliphatic rings. The van der Waals surface area contributed by atoms with Crippen LogP contribution in [0.4, 0.5) is 0 Å². The quantitative estimate of drug-likeness (QED) is 0.740. The highest BCUT2D eigenvalue weighted by molar-refractivity contribution is 6.31. The Morgan fingerprint density at radius 2 is 2.39 bits per heavy atom. The molecule has 122 valence electrons. The van der Waals surface area contributed by atoms with Gasteiger partial charge in [-0.15, -0.1) is 0 Å². The number of nitrogens with one attached hydrogen (secondary N) is 2. The fourth-order valence-electron chi connectivity index (χ4n) is 2.11. The van der Waals surface area contributed by atoms with E-state index in [1.54, 1.807) is 19.6 Å². The fraction of sp³-hybridized carbons (Fsp3) is 0.312. The molecule has 0 aromatic rings. The van der Waals surface area contributed by atoms with Crippen molar-refractivity contribution in [1.82, 2.24) is 10.6 Å². The van der Waals surface area contributed by atoms with Gasteiger partial charge in [0, 0.05) is 31.1 Å². The fourth-order valence-corrected chi connectivity index (χ4v) is 2.32. The first-order valence-electron chi connectivity index (χ1n) is 7.32. The number of rotatable bonds is 3. The first-order valence-corrected chi connectivity index (χ1v) is 7.70. The first-order chi connectivity index (χ1) is 11.1. The zero-order valence-corrected chi connectivity index (χ0v) is 14.1. The average Bonchev–Trinajstić information content (AvgIpc) is 2.69. The van der Waals surface area contributed by atoms with E-state index in [9.17, 15) is 0 Å².